The van der Waals surface area contributed by atoms with Gasteiger partial charge in [-0.25, -0.2) is 0 Å². The molecule has 0 aromatic heterocycles. The Balaban J connectivity index is 2.43. The van der Waals surface area contributed by atoms with Gasteiger partial charge in [0.2, 0.25) is 0 Å². The molecule has 0 aromatic carbocycles. The monoisotopic (exact) mass is 300 g/mol. The Labute approximate surface area is 124 Å². The van der Waals surface area contributed by atoms with E-state index in [4.69, 9.17) is 9.16 Å². The van der Waals surface area contributed by atoms with Gasteiger partial charge in [-0.15, -0.1) is 0 Å². The highest BCUT2D eigenvalue weighted by Gasteiger charge is 2.39. The zero-order valence-corrected chi connectivity index (χ0v) is 14.4. The molecule has 1 aliphatic rings. The van der Waals surface area contributed by atoms with E-state index in [2.05, 4.69) is 6.92 Å². The van der Waals surface area contributed by atoms with Crippen molar-refractivity contribution in [2.24, 2.45) is 5.92 Å². The fourth-order valence-corrected chi connectivity index (χ4v) is 4.26. The molecule has 1 rings (SSSR count). The van der Waals surface area contributed by atoms with Crippen LogP contribution in [-0.4, -0.2) is 27.8 Å². The first kappa shape index (κ1) is 17.4. The Kier molecular flexibility index (Phi) is 8.07. The first-order valence-electron chi connectivity index (χ1n) is 7.90. The number of unbranched alkanes of at least 4 members (excludes halogenated alkanes) is 4. The van der Waals surface area contributed by atoms with Gasteiger partial charge in [-0.2, -0.15) is 0 Å². The topological polar surface area (TPSA) is 52.6 Å². The van der Waals surface area contributed by atoms with Gasteiger partial charge >= 0.3 is 11.9 Å². The number of esters is 2. The molecule has 2 unspecified atom stereocenters. The first-order chi connectivity index (χ1) is 9.54. The van der Waals surface area contributed by atoms with Crippen molar-refractivity contribution in [2.45, 2.75) is 77.4 Å². The minimum Gasteiger partial charge on any atom is -0.421 e. The Morgan fingerprint density at radius 1 is 1.25 bits per heavy atom. The van der Waals surface area contributed by atoms with Crippen molar-refractivity contribution < 1.29 is 18.8 Å². The zero-order chi connectivity index (χ0) is 15.0. The smallest absolute Gasteiger partial charge is 0.317 e. The molecular weight excluding hydrogens is 272 g/mol. The summed E-state index contributed by atoms with van der Waals surface area (Å²) in [4.78, 5) is 23.0. The van der Waals surface area contributed by atoms with E-state index < -0.39 is 9.76 Å². The van der Waals surface area contributed by atoms with Crippen LogP contribution in [0.25, 0.3) is 0 Å². The lowest BCUT2D eigenvalue weighted by Crippen LogP contribution is -2.23. The van der Waals surface area contributed by atoms with Crippen molar-refractivity contribution in [1.82, 2.24) is 0 Å². The average Bonchev–Trinajstić information content (AvgIpc) is 2.71. The third-order valence-corrected chi connectivity index (χ3v) is 6.06. The van der Waals surface area contributed by atoms with Crippen LogP contribution in [0.4, 0.5) is 0 Å². The van der Waals surface area contributed by atoms with Gasteiger partial charge in [0.25, 0.3) is 0 Å². The summed E-state index contributed by atoms with van der Waals surface area (Å²) in [6, 6.07) is 0. The molecule has 0 bridgehead atoms. The summed E-state index contributed by atoms with van der Waals surface area (Å²) in [7, 11) is -0.799. The van der Waals surface area contributed by atoms with E-state index in [9.17, 15) is 9.59 Å². The molecule has 2 atom stereocenters. The maximum atomic E-state index is 11.7. The van der Waals surface area contributed by atoms with Crippen molar-refractivity contribution in [3.63, 3.8) is 0 Å². The molecule has 0 spiro atoms. The molecule has 0 aliphatic carbocycles. The van der Waals surface area contributed by atoms with Crippen LogP contribution < -0.4 is 0 Å². The zero-order valence-electron chi connectivity index (χ0n) is 13.0. The quantitative estimate of drug-likeness (QED) is 0.269. The van der Waals surface area contributed by atoms with Gasteiger partial charge in [0.1, 0.15) is 0 Å². The molecule has 116 valence electrons. The third kappa shape index (κ3) is 6.18. The van der Waals surface area contributed by atoms with Crippen molar-refractivity contribution in [3.05, 3.63) is 0 Å². The standard InChI is InChI=1S/C15H28O4Si/c1-4-5-6-7-8-9-13(20-19-11(2)3)12-10-14(16)18-15(12)17/h11-13H,4-10,20H2,1-3H3. The van der Waals surface area contributed by atoms with Crippen molar-refractivity contribution in [2.75, 3.05) is 0 Å². The Morgan fingerprint density at radius 2 is 1.95 bits per heavy atom. The second-order valence-corrected chi connectivity index (χ2v) is 7.66. The highest BCUT2D eigenvalue weighted by molar-refractivity contribution is 6.31. The van der Waals surface area contributed by atoms with Crippen LogP contribution >= 0.6 is 0 Å². The molecule has 0 radical (unpaired) electrons. The van der Waals surface area contributed by atoms with Crippen LogP contribution in [0.1, 0.15) is 65.7 Å². The summed E-state index contributed by atoms with van der Waals surface area (Å²) in [6.45, 7) is 6.24. The molecule has 0 amide bonds. The van der Waals surface area contributed by atoms with E-state index in [0.717, 1.165) is 12.8 Å². The average molecular weight is 300 g/mol. The van der Waals surface area contributed by atoms with E-state index in [1.807, 2.05) is 13.8 Å². The highest BCUT2D eigenvalue weighted by atomic mass is 28.2. The van der Waals surface area contributed by atoms with E-state index in [0.29, 0.717) is 0 Å². The van der Waals surface area contributed by atoms with Gasteiger partial charge in [0.05, 0.1) is 12.3 Å². The number of rotatable bonds is 10. The van der Waals surface area contributed by atoms with Gasteiger partial charge in [-0.3, -0.25) is 9.59 Å². The number of ether oxygens (including phenoxy) is 1. The number of carbonyl (C=O) groups excluding carboxylic acids is 2. The summed E-state index contributed by atoms with van der Waals surface area (Å²) in [5.74, 6) is -0.929. The molecule has 1 aliphatic heterocycles. The fourth-order valence-electron chi connectivity index (χ4n) is 2.58. The SMILES string of the molecule is CCCCCCCC([SiH2]OC(C)C)C1CC(=O)OC1=O. The molecule has 1 saturated heterocycles. The van der Waals surface area contributed by atoms with Gasteiger partial charge in [0.15, 0.2) is 9.76 Å². The van der Waals surface area contributed by atoms with Crippen molar-refractivity contribution >= 4 is 21.7 Å². The van der Waals surface area contributed by atoms with Crippen LogP contribution in [-0.2, 0) is 18.8 Å². The predicted molar refractivity (Wildman–Crippen MR) is 81.1 cm³/mol. The lowest BCUT2D eigenvalue weighted by atomic mass is 9.98. The first-order valence-corrected chi connectivity index (χ1v) is 9.30. The highest BCUT2D eigenvalue weighted by Crippen LogP contribution is 2.33. The second kappa shape index (κ2) is 9.29. The van der Waals surface area contributed by atoms with E-state index in [-0.39, 0.29) is 35.9 Å². The van der Waals surface area contributed by atoms with Crippen LogP contribution in [0.15, 0.2) is 0 Å². The molecule has 4 nitrogen and oxygen atoms in total. The minimum absolute atomic E-state index is 0.206. The summed E-state index contributed by atoms with van der Waals surface area (Å²) in [5, 5.41) is 0. The van der Waals surface area contributed by atoms with Gasteiger partial charge in [0, 0.05) is 6.10 Å². The molecule has 5 heteroatoms. The van der Waals surface area contributed by atoms with E-state index in [1.165, 1.54) is 25.7 Å². The molecule has 1 heterocycles. The van der Waals surface area contributed by atoms with Crippen LogP contribution in [0, 0.1) is 5.92 Å². The van der Waals surface area contributed by atoms with Gasteiger partial charge < -0.3 is 9.16 Å². The summed E-state index contributed by atoms with van der Waals surface area (Å²) in [6.07, 6.45) is 7.55. The lowest BCUT2D eigenvalue weighted by molar-refractivity contribution is -0.153. The summed E-state index contributed by atoms with van der Waals surface area (Å²) >= 11 is 0. The summed E-state index contributed by atoms with van der Waals surface area (Å²) in [5.41, 5.74) is 0.248. The predicted octanol–water partition coefficient (Wildman–Crippen LogP) is 2.73. The normalized spacial score (nSPS) is 21.1. The van der Waals surface area contributed by atoms with Crippen LogP contribution in [0.5, 0.6) is 0 Å². The molecule has 0 aromatic rings. The van der Waals surface area contributed by atoms with Crippen LogP contribution in [0.3, 0.4) is 0 Å². The van der Waals surface area contributed by atoms with E-state index in [1.54, 1.807) is 0 Å². The van der Waals surface area contributed by atoms with E-state index >= 15 is 0 Å². The molecule has 20 heavy (non-hydrogen) atoms. The summed E-state index contributed by atoms with van der Waals surface area (Å²) < 4.78 is 10.5. The minimum atomic E-state index is -0.799. The lowest BCUT2D eigenvalue weighted by Gasteiger charge is -2.21. The van der Waals surface area contributed by atoms with Gasteiger partial charge in [-0.1, -0.05) is 45.4 Å². The fraction of sp³-hybridized carbons (Fsp3) is 0.867. The number of carbonyl (C=O) groups is 2. The molecule has 0 N–H and O–H groups in total. The van der Waals surface area contributed by atoms with Crippen molar-refractivity contribution in [1.29, 1.82) is 0 Å². The second-order valence-electron chi connectivity index (χ2n) is 5.95. The largest absolute Gasteiger partial charge is 0.421 e. The molecule has 1 fully saturated rings. The Bertz CT molecular complexity index is 317. The number of hydrogen-bond donors (Lipinski definition) is 0. The molecule has 0 saturated carbocycles. The van der Waals surface area contributed by atoms with Crippen molar-refractivity contribution in [3.8, 4) is 0 Å². The number of cyclic esters (lactones) is 2. The molecular formula is C15H28O4Si. The number of hydrogen-bond acceptors (Lipinski definition) is 4. The third-order valence-electron chi connectivity index (χ3n) is 3.79. The maximum absolute atomic E-state index is 11.7. The Hall–Kier alpha value is -0.683. The van der Waals surface area contributed by atoms with Gasteiger partial charge in [-0.05, 0) is 19.4 Å². The maximum Gasteiger partial charge on any atom is 0.317 e. The van der Waals surface area contributed by atoms with Crippen LogP contribution in [0.2, 0.25) is 5.54 Å². The Morgan fingerprint density at radius 3 is 2.50 bits per heavy atom.